The maximum Gasteiger partial charge on any atom is 0.123 e. The molecule has 3 nitrogen and oxygen atoms in total. The van der Waals surface area contributed by atoms with Crippen LogP contribution in [0.25, 0.3) is 0 Å². The predicted octanol–water partition coefficient (Wildman–Crippen LogP) is 2.98. The van der Waals surface area contributed by atoms with Gasteiger partial charge in [-0.3, -0.25) is 4.68 Å². The Labute approximate surface area is 116 Å². The molecule has 0 atom stereocenters. The van der Waals surface area contributed by atoms with Gasteiger partial charge in [0.2, 0.25) is 0 Å². The van der Waals surface area contributed by atoms with E-state index in [1.54, 1.807) is 10.7 Å². The Hall–Kier alpha value is -1.39. The van der Waals surface area contributed by atoms with E-state index in [0.717, 1.165) is 17.7 Å². The second kappa shape index (κ2) is 5.31. The van der Waals surface area contributed by atoms with Gasteiger partial charge < -0.3 is 5.32 Å². The number of rotatable bonds is 5. The first-order valence-corrected chi connectivity index (χ1v) is 6.77. The Morgan fingerprint density at radius 1 is 1.42 bits per heavy atom. The molecule has 1 fully saturated rings. The Morgan fingerprint density at radius 3 is 3.05 bits per heavy atom. The first kappa shape index (κ1) is 12.6. The first-order chi connectivity index (χ1) is 9.20. The molecule has 0 aliphatic heterocycles. The normalized spacial score (nSPS) is 14.8. The van der Waals surface area contributed by atoms with E-state index in [2.05, 4.69) is 10.4 Å². The van der Waals surface area contributed by atoms with Crippen molar-refractivity contribution >= 4 is 11.6 Å². The minimum atomic E-state index is -0.276. The van der Waals surface area contributed by atoms with Gasteiger partial charge in [0.25, 0.3) is 0 Å². The SMILES string of the molecule is Fc1ccc(Cl)c(Cn2cc(CNC3CC3)cn2)c1. The molecule has 1 N–H and O–H groups in total. The van der Waals surface area contributed by atoms with Crippen LogP contribution in [0, 0.1) is 5.82 Å². The van der Waals surface area contributed by atoms with Crippen molar-refractivity contribution in [3.8, 4) is 0 Å². The van der Waals surface area contributed by atoms with Crippen LogP contribution in [-0.4, -0.2) is 15.8 Å². The summed E-state index contributed by atoms with van der Waals surface area (Å²) in [6.07, 6.45) is 6.35. The largest absolute Gasteiger partial charge is 0.310 e. The van der Waals surface area contributed by atoms with Crippen molar-refractivity contribution in [1.29, 1.82) is 0 Å². The van der Waals surface area contributed by atoms with Crippen LogP contribution in [0.3, 0.4) is 0 Å². The van der Waals surface area contributed by atoms with Gasteiger partial charge in [-0.2, -0.15) is 5.10 Å². The molecule has 1 aromatic carbocycles. The third-order valence-corrected chi connectivity index (χ3v) is 3.57. The van der Waals surface area contributed by atoms with Crippen LogP contribution in [0.2, 0.25) is 5.02 Å². The molecule has 0 unspecified atom stereocenters. The smallest absolute Gasteiger partial charge is 0.123 e. The van der Waals surface area contributed by atoms with Crippen molar-refractivity contribution in [1.82, 2.24) is 15.1 Å². The van der Waals surface area contributed by atoms with Crippen LogP contribution in [0.4, 0.5) is 4.39 Å². The molecule has 1 aromatic heterocycles. The summed E-state index contributed by atoms with van der Waals surface area (Å²) in [5, 5.41) is 8.27. The number of halogens is 2. The molecule has 0 saturated heterocycles. The van der Waals surface area contributed by atoms with Crippen LogP contribution < -0.4 is 5.32 Å². The van der Waals surface area contributed by atoms with Gasteiger partial charge in [-0.15, -0.1) is 0 Å². The van der Waals surface area contributed by atoms with E-state index >= 15 is 0 Å². The summed E-state index contributed by atoms with van der Waals surface area (Å²) in [5.41, 5.74) is 1.88. The summed E-state index contributed by atoms with van der Waals surface area (Å²) in [4.78, 5) is 0. The van der Waals surface area contributed by atoms with E-state index in [4.69, 9.17) is 11.6 Å². The van der Waals surface area contributed by atoms with E-state index in [1.165, 1.54) is 25.0 Å². The fourth-order valence-corrected chi connectivity index (χ4v) is 2.15. The van der Waals surface area contributed by atoms with Crippen molar-refractivity contribution in [3.63, 3.8) is 0 Å². The lowest BCUT2D eigenvalue weighted by Crippen LogP contribution is -2.14. The monoisotopic (exact) mass is 279 g/mol. The number of nitrogens with one attached hydrogen (secondary N) is 1. The van der Waals surface area contributed by atoms with Gasteiger partial charge in [-0.1, -0.05) is 11.6 Å². The second-order valence-electron chi connectivity index (χ2n) is 4.94. The molecule has 1 saturated carbocycles. The van der Waals surface area contributed by atoms with Crippen LogP contribution >= 0.6 is 11.6 Å². The summed E-state index contributed by atoms with van der Waals surface area (Å²) in [5.74, 6) is -0.276. The number of hydrogen-bond acceptors (Lipinski definition) is 2. The van der Waals surface area contributed by atoms with Gasteiger partial charge in [0.15, 0.2) is 0 Å². The molecule has 2 aromatic rings. The average molecular weight is 280 g/mol. The molecule has 0 amide bonds. The van der Waals surface area contributed by atoms with Gasteiger partial charge in [0.1, 0.15) is 5.82 Å². The van der Waals surface area contributed by atoms with Gasteiger partial charge in [-0.25, -0.2) is 4.39 Å². The predicted molar refractivity (Wildman–Crippen MR) is 72.6 cm³/mol. The fraction of sp³-hybridized carbons (Fsp3) is 0.357. The van der Waals surface area contributed by atoms with Gasteiger partial charge in [0.05, 0.1) is 12.7 Å². The quantitative estimate of drug-likeness (QED) is 0.912. The molecule has 1 aliphatic rings. The highest BCUT2D eigenvalue weighted by atomic mass is 35.5. The van der Waals surface area contributed by atoms with Crippen LogP contribution in [0.1, 0.15) is 24.0 Å². The molecule has 19 heavy (non-hydrogen) atoms. The Morgan fingerprint density at radius 2 is 2.26 bits per heavy atom. The number of hydrogen-bond donors (Lipinski definition) is 1. The highest BCUT2D eigenvalue weighted by Crippen LogP contribution is 2.20. The minimum Gasteiger partial charge on any atom is -0.310 e. The summed E-state index contributed by atoms with van der Waals surface area (Å²) >= 11 is 6.04. The molecule has 1 heterocycles. The lowest BCUT2D eigenvalue weighted by Gasteiger charge is -2.04. The first-order valence-electron chi connectivity index (χ1n) is 6.39. The lowest BCUT2D eigenvalue weighted by atomic mass is 10.2. The highest BCUT2D eigenvalue weighted by Gasteiger charge is 2.20. The molecule has 0 spiro atoms. The number of nitrogens with zero attached hydrogens (tertiary/aromatic N) is 2. The zero-order valence-corrected chi connectivity index (χ0v) is 11.2. The maximum atomic E-state index is 13.2. The second-order valence-corrected chi connectivity index (χ2v) is 5.34. The van der Waals surface area contributed by atoms with E-state index in [1.807, 2.05) is 12.4 Å². The van der Waals surface area contributed by atoms with Gasteiger partial charge >= 0.3 is 0 Å². The van der Waals surface area contributed by atoms with Crippen molar-refractivity contribution in [2.45, 2.75) is 32.0 Å². The average Bonchev–Trinajstić information content (AvgIpc) is 3.12. The topological polar surface area (TPSA) is 29.9 Å². The molecule has 1 aliphatic carbocycles. The van der Waals surface area contributed by atoms with E-state index in [-0.39, 0.29) is 5.82 Å². The molecule has 0 bridgehead atoms. The zero-order chi connectivity index (χ0) is 13.2. The molecular formula is C14H15ClFN3. The maximum absolute atomic E-state index is 13.2. The van der Waals surface area contributed by atoms with Gasteiger partial charge in [0, 0.05) is 29.4 Å². The highest BCUT2D eigenvalue weighted by molar-refractivity contribution is 6.31. The Bertz CT molecular complexity index is 578. The van der Waals surface area contributed by atoms with Crippen molar-refractivity contribution in [2.24, 2.45) is 0 Å². The van der Waals surface area contributed by atoms with Crippen molar-refractivity contribution < 1.29 is 4.39 Å². The van der Waals surface area contributed by atoms with Crippen LogP contribution in [0.5, 0.6) is 0 Å². The van der Waals surface area contributed by atoms with Crippen molar-refractivity contribution in [3.05, 3.63) is 52.6 Å². The molecule has 3 rings (SSSR count). The zero-order valence-electron chi connectivity index (χ0n) is 10.4. The third-order valence-electron chi connectivity index (χ3n) is 3.20. The van der Waals surface area contributed by atoms with Crippen LogP contribution in [-0.2, 0) is 13.1 Å². The van der Waals surface area contributed by atoms with E-state index < -0.39 is 0 Å². The minimum absolute atomic E-state index is 0.276. The lowest BCUT2D eigenvalue weighted by molar-refractivity contribution is 0.619. The van der Waals surface area contributed by atoms with E-state index in [0.29, 0.717) is 17.6 Å². The summed E-state index contributed by atoms with van der Waals surface area (Å²) in [7, 11) is 0. The molecule has 5 heteroatoms. The standard InChI is InChI=1S/C14H15ClFN3/c15-14-4-1-12(16)5-11(14)9-19-8-10(7-18-19)6-17-13-2-3-13/h1,4-5,7-8,13,17H,2-3,6,9H2. The number of aromatic nitrogens is 2. The summed E-state index contributed by atoms with van der Waals surface area (Å²) < 4.78 is 15.0. The summed E-state index contributed by atoms with van der Waals surface area (Å²) in [6, 6.07) is 5.07. The Kier molecular flexibility index (Phi) is 3.53. The fourth-order valence-electron chi connectivity index (χ4n) is 1.97. The third kappa shape index (κ3) is 3.33. The Balaban J connectivity index is 1.66. The summed E-state index contributed by atoms with van der Waals surface area (Å²) in [6.45, 7) is 1.32. The van der Waals surface area contributed by atoms with Crippen molar-refractivity contribution in [2.75, 3.05) is 0 Å². The van der Waals surface area contributed by atoms with Gasteiger partial charge in [-0.05, 0) is 36.6 Å². The molecule has 100 valence electrons. The molecular weight excluding hydrogens is 265 g/mol. The van der Waals surface area contributed by atoms with Crippen LogP contribution in [0.15, 0.2) is 30.6 Å². The van der Waals surface area contributed by atoms with E-state index in [9.17, 15) is 4.39 Å². The molecule has 0 radical (unpaired) electrons. The number of benzene rings is 1.